The molecule has 1 aromatic heterocycles. The standard InChI is InChI=1S/C29H31N3O3S/c1-4-21-9-7-10-24-22(17-30(27(21)24)18-26(33)31-15-6-5-8-20(31)3)16-25-28(34)32(29(35)36-25)23-13-11-19(2)12-14-23/h7,9-14,16-17,20H,4-6,8,15,18H2,1-3H3/b25-16-/t20-/m0/s1. The predicted molar refractivity (Wildman–Crippen MR) is 146 cm³/mol. The van der Waals surface area contributed by atoms with E-state index in [0.717, 1.165) is 65.2 Å². The van der Waals surface area contributed by atoms with Crippen molar-refractivity contribution in [2.24, 2.45) is 0 Å². The molecule has 2 fully saturated rings. The van der Waals surface area contributed by atoms with Gasteiger partial charge in [0.2, 0.25) is 5.91 Å². The van der Waals surface area contributed by atoms with E-state index in [4.69, 9.17) is 0 Å². The van der Waals surface area contributed by atoms with Crippen LogP contribution in [0.4, 0.5) is 10.5 Å². The second kappa shape index (κ2) is 9.97. The summed E-state index contributed by atoms with van der Waals surface area (Å²) in [6.45, 7) is 7.26. The number of piperidine rings is 1. The van der Waals surface area contributed by atoms with Crippen LogP contribution in [0.1, 0.15) is 49.8 Å². The van der Waals surface area contributed by atoms with Crippen molar-refractivity contribution in [2.75, 3.05) is 11.4 Å². The molecule has 36 heavy (non-hydrogen) atoms. The van der Waals surface area contributed by atoms with Crippen LogP contribution in [0, 0.1) is 6.92 Å². The Hall–Kier alpha value is -3.32. The van der Waals surface area contributed by atoms with Crippen molar-refractivity contribution in [3.63, 3.8) is 0 Å². The fourth-order valence-electron chi connectivity index (χ4n) is 5.22. The maximum absolute atomic E-state index is 13.3. The van der Waals surface area contributed by atoms with Gasteiger partial charge in [-0.25, -0.2) is 4.90 Å². The number of aromatic nitrogens is 1. The quantitative estimate of drug-likeness (QED) is 0.393. The van der Waals surface area contributed by atoms with Gasteiger partial charge in [-0.3, -0.25) is 14.4 Å². The minimum Gasteiger partial charge on any atom is -0.338 e. The highest BCUT2D eigenvalue weighted by molar-refractivity contribution is 8.19. The van der Waals surface area contributed by atoms with Crippen LogP contribution < -0.4 is 4.90 Å². The number of thioether (sulfide) groups is 1. The van der Waals surface area contributed by atoms with Crippen LogP contribution in [0.5, 0.6) is 0 Å². The van der Waals surface area contributed by atoms with Crippen LogP contribution >= 0.6 is 11.8 Å². The lowest BCUT2D eigenvalue weighted by Crippen LogP contribution is -2.43. The molecule has 1 atom stereocenters. The number of likely N-dealkylation sites (tertiary alicyclic amines) is 1. The molecule has 0 radical (unpaired) electrons. The molecule has 7 heteroatoms. The Kier molecular flexibility index (Phi) is 6.75. The second-order valence-corrected chi connectivity index (χ2v) is 10.7. The number of imide groups is 1. The fourth-order valence-corrected chi connectivity index (χ4v) is 6.05. The molecule has 0 bridgehead atoms. The fraction of sp³-hybridized carbons (Fsp3) is 0.345. The van der Waals surface area contributed by atoms with E-state index in [-0.39, 0.29) is 29.6 Å². The van der Waals surface area contributed by atoms with Gasteiger partial charge in [0.05, 0.1) is 16.1 Å². The predicted octanol–water partition coefficient (Wildman–Crippen LogP) is 6.15. The molecule has 3 amide bonds. The smallest absolute Gasteiger partial charge is 0.298 e. The van der Waals surface area contributed by atoms with Crippen LogP contribution in [-0.2, 0) is 22.6 Å². The van der Waals surface area contributed by atoms with Crippen LogP contribution in [0.15, 0.2) is 53.6 Å². The number of hydrogen-bond acceptors (Lipinski definition) is 4. The summed E-state index contributed by atoms with van der Waals surface area (Å²) in [6, 6.07) is 13.7. The maximum Gasteiger partial charge on any atom is 0.298 e. The Labute approximate surface area is 215 Å². The summed E-state index contributed by atoms with van der Waals surface area (Å²) < 4.78 is 2.02. The molecule has 3 heterocycles. The molecule has 0 spiro atoms. The van der Waals surface area contributed by atoms with E-state index in [1.165, 1.54) is 11.3 Å². The van der Waals surface area contributed by atoms with Crippen molar-refractivity contribution in [2.45, 2.75) is 59.0 Å². The summed E-state index contributed by atoms with van der Waals surface area (Å²) in [5.74, 6) is -0.198. The SMILES string of the molecule is CCc1cccc2c(/C=C3\SC(=O)N(c4ccc(C)cc4)C3=O)cn(CC(=O)N3CCCC[C@@H]3C)c12. The lowest BCUT2D eigenvalue weighted by atomic mass is 10.0. The van der Waals surface area contributed by atoms with Gasteiger partial charge in [0.25, 0.3) is 11.1 Å². The van der Waals surface area contributed by atoms with Gasteiger partial charge in [-0.05, 0) is 75.1 Å². The molecular formula is C29H31N3O3S. The number of hydrogen-bond donors (Lipinski definition) is 0. The number of para-hydroxylation sites is 1. The molecule has 6 nitrogen and oxygen atoms in total. The monoisotopic (exact) mass is 501 g/mol. The molecule has 2 aliphatic heterocycles. The highest BCUT2D eigenvalue weighted by Gasteiger charge is 2.36. The Balaban J connectivity index is 1.51. The van der Waals surface area contributed by atoms with Crippen molar-refractivity contribution in [1.82, 2.24) is 9.47 Å². The zero-order chi connectivity index (χ0) is 25.4. The molecule has 0 unspecified atom stereocenters. The van der Waals surface area contributed by atoms with Gasteiger partial charge in [0.1, 0.15) is 6.54 Å². The summed E-state index contributed by atoms with van der Waals surface area (Å²) in [4.78, 5) is 42.9. The molecule has 2 aromatic carbocycles. The van der Waals surface area contributed by atoms with Crippen LogP contribution in [0.3, 0.4) is 0 Å². The van der Waals surface area contributed by atoms with Crippen molar-refractivity contribution < 1.29 is 14.4 Å². The largest absolute Gasteiger partial charge is 0.338 e. The molecule has 0 aliphatic carbocycles. The molecule has 2 saturated heterocycles. The lowest BCUT2D eigenvalue weighted by Gasteiger charge is -2.33. The lowest BCUT2D eigenvalue weighted by molar-refractivity contribution is -0.135. The first-order chi connectivity index (χ1) is 17.4. The average Bonchev–Trinajstić information content (AvgIpc) is 3.36. The number of nitrogens with zero attached hydrogens (tertiary/aromatic N) is 3. The number of anilines is 1. The number of aryl methyl sites for hydroxylation is 2. The summed E-state index contributed by atoms with van der Waals surface area (Å²) in [5.41, 5.74) is 4.65. The second-order valence-electron chi connectivity index (χ2n) is 9.66. The van der Waals surface area contributed by atoms with Gasteiger partial charge >= 0.3 is 0 Å². The van der Waals surface area contributed by atoms with Gasteiger partial charge in [-0.2, -0.15) is 0 Å². The molecule has 186 valence electrons. The number of amides is 3. The minimum absolute atomic E-state index is 0.122. The Morgan fingerprint density at radius 3 is 2.61 bits per heavy atom. The maximum atomic E-state index is 13.3. The van der Waals surface area contributed by atoms with E-state index < -0.39 is 0 Å². The summed E-state index contributed by atoms with van der Waals surface area (Å²) in [7, 11) is 0. The van der Waals surface area contributed by atoms with E-state index in [2.05, 4.69) is 19.9 Å². The Bertz CT molecular complexity index is 1370. The van der Waals surface area contributed by atoms with Crippen LogP contribution in [0.2, 0.25) is 0 Å². The van der Waals surface area contributed by atoms with E-state index in [1.807, 2.05) is 46.9 Å². The molecular weight excluding hydrogens is 470 g/mol. The van der Waals surface area contributed by atoms with Gasteiger partial charge in [-0.1, -0.05) is 42.8 Å². The number of carbonyl (C=O) groups excluding carboxylic acids is 3. The van der Waals surface area contributed by atoms with Gasteiger partial charge < -0.3 is 9.47 Å². The summed E-state index contributed by atoms with van der Waals surface area (Å²) in [5, 5.41) is 0.679. The number of fused-ring (bicyclic) bond motifs is 1. The highest BCUT2D eigenvalue weighted by Crippen LogP contribution is 2.37. The minimum atomic E-state index is -0.320. The Morgan fingerprint density at radius 2 is 1.89 bits per heavy atom. The van der Waals surface area contributed by atoms with Gasteiger partial charge in [0.15, 0.2) is 0 Å². The first-order valence-electron chi connectivity index (χ1n) is 12.6. The average molecular weight is 502 g/mol. The van der Waals surface area contributed by atoms with Gasteiger partial charge in [0, 0.05) is 29.7 Å². The summed E-state index contributed by atoms with van der Waals surface area (Å²) in [6.07, 6.45) is 7.84. The third kappa shape index (κ3) is 4.48. The highest BCUT2D eigenvalue weighted by atomic mass is 32.2. The van der Waals surface area contributed by atoms with Gasteiger partial charge in [-0.15, -0.1) is 0 Å². The molecule has 0 saturated carbocycles. The number of carbonyl (C=O) groups is 3. The number of rotatable bonds is 5. The summed E-state index contributed by atoms with van der Waals surface area (Å²) >= 11 is 0.954. The third-order valence-corrected chi connectivity index (χ3v) is 8.06. The van der Waals surface area contributed by atoms with Crippen molar-refractivity contribution in [1.29, 1.82) is 0 Å². The first-order valence-corrected chi connectivity index (χ1v) is 13.4. The normalized spacial score (nSPS) is 19.6. The molecule has 2 aliphatic rings. The van der Waals surface area contributed by atoms with E-state index >= 15 is 0 Å². The van der Waals surface area contributed by atoms with Crippen molar-refractivity contribution in [3.05, 3.63) is 70.3 Å². The first kappa shape index (κ1) is 24.4. The van der Waals surface area contributed by atoms with Crippen LogP contribution in [-0.4, -0.2) is 39.1 Å². The van der Waals surface area contributed by atoms with E-state index in [0.29, 0.717) is 10.6 Å². The third-order valence-electron chi connectivity index (χ3n) is 7.20. The Morgan fingerprint density at radius 1 is 1.11 bits per heavy atom. The number of benzene rings is 2. The zero-order valence-corrected chi connectivity index (χ0v) is 21.8. The van der Waals surface area contributed by atoms with E-state index in [9.17, 15) is 14.4 Å². The molecule has 3 aromatic rings. The molecule has 5 rings (SSSR count). The van der Waals surface area contributed by atoms with Crippen LogP contribution in [0.25, 0.3) is 17.0 Å². The molecule has 0 N–H and O–H groups in total. The van der Waals surface area contributed by atoms with E-state index in [1.54, 1.807) is 18.2 Å². The van der Waals surface area contributed by atoms with Crippen molar-refractivity contribution >= 4 is 51.5 Å². The zero-order valence-electron chi connectivity index (χ0n) is 21.0. The van der Waals surface area contributed by atoms with Crippen molar-refractivity contribution in [3.8, 4) is 0 Å². The topological polar surface area (TPSA) is 62.6 Å².